The number of fused-ring (bicyclic) bond motifs is 1. The molecule has 1 fully saturated rings. The van der Waals surface area contributed by atoms with E-state index in [1.54, 1.807) is 0 Å². The molecule has 4 aromatic rings. The molecule has 6 nitrogen and oxygen atoms in total. The molecule has 0 aliphatic carbocycles. The standard InChI is InChI=1S/C27H28N4O2S/c1-3-33-27(32)23-20(19-13-11-18(2)12-14-19)17-34-26(23)30-24-25(31-15-7-4-8-16-31)29-22-10-6-5-9-21(22)28-24/h5-6,9-14,17H,3-4,7-8,15-16H2,1-2H3,(H,28,30). The Kier molecular flexibility index (Phi) is 6.45. The summed E-state index contributed by atoms with van der Waals surface area (Å²) in [6.07, 6.45) is 3.51. The second-order valence-corrected chi connectivity index (χ2v) is 9.38. The monoisotopic (exact) mass is 472 g/mol. The van der Waals surface area contributed by atoms with Crippen molar-refractivity contribution in [3.05, 3.63) is 65.0 Å². The molecule has 7 heteroatoms. The Labute approximate surface area is 203 Å². The maximum absolute atomic E-state index is 13.1. The van der Waals surface area contributed by atoms with E-state index >= 15 is 0 Å². The van der Waals surface area contributed by atoms with Gasteiger partial charge in [-0.05, 0) is 50.8 Å². The van der Waals surface area contributed by atoms with Crippen LogP contribution in [0.2, 0.25) is 0 Å². The van der Waals surface area contributed by atoms with Crippen LogP contribution in [-0.4, -0.2) is 35.6 Å². The lowest BCUT2D eigenvalue weighted by molar-refractivity contribution is 0.0529. The summed E-state index contributed by atoms with van der Waals surface area (Å²) < 4.78 is 5.45. The highest BCUT2D eigenvalue weighted by molar-refractivity contribution is 7.15. The van der Waals surface area contributed by atoms with Crippen LogP contribution in [0.4, 0.5) is 16.6 Å². The third-order valence-corrected chi connectivity index (χ3v) is 6.97. The Morgan fingerprint density at radius 3 is 2.44 bits per heavy atom. The van der Waals surface area contributed by atoms with Crippen molar-refractivity contribution in [1.82, 2.24) is 9.97 Å². The first-order chi connectivity index (χ1) is 16.6. The molecule has 3 heterocycles. The van der Waals surface area contributed by atoms with Gasteiger partial charge in [0, 0.05) is 24.0 Å². The summed E-state index contributed by atoms with van der Waals surface area (Å²) in [7, 11) is 0. The number of anilines is 3. The lowest BCUT2D eigenvalue weighted by Crippen LogP contribution is -2.31. The smallest absolute Gasteiger partial charge is 0.341 e. The van der Waals surface area contributed by atoms with Crippen LogP contribution in [0.3, 0.4) is 0 Å². The van der Waals surface area contributed by atoms with E-state index in [1.807, 2.05) is 48.7 Å². The van der Waals surface area contributed by atoms with Gasteiger partial charge in [-0.1, -0.05) is 42.0 Å². The fourth-order valence-electron chi connectivity index (χ4n) is 4.31. The van der Waals surface area contributed by atoms with Gasteiger partial charge in [-0.25, -0.2) is 14.8 Å². The Bertz CT molecular complexity index is 1310. The summed E-state index contributed by atoms with van der Waals surface area (Å²) in [6, 6.07) is 16.1. The minimum Gasteiger partial charge on any atom is -0.462 e. The number of ether oxygens (including phenoxy) is 1. The van der Waals surface area contributed by atoms with Crippen molar-refractivity contribution in [3.63, 3.8) is 0 Å². The van der Waals surface area contributed by atoms with Crippen molar-refractivity contribution >= 4 is 45.0 Å². The predicted molar refractivity (Wildman–Crippen MR) is 139 cm³/mol. The lowest BCUT2D eigenvalue weighted by atomic mass is 10.0. The lowest BCUT2D eigenvalue weighted by Gasteiger charge is -2.29. The zero-order valence-corrected chi connectivity index (χ0v) is 20.3. The van der Waals surface area contributed by atoms with Crippen LogP contribution in [0.1, 0.15) is 42.1 Å². The van der Waals surface area contributed by atoms with E-state index in [4.69, 9.17) is 14.7 Å². The summed E-state index contributed by atoms with van der Waals surface area (Å²) >= 11 is 1.49. The Morgan fingerprint density at radius 2 is 1.74 bits per heavy atom. The van der Waals surface area contributed by atoms with Gasteiger partial charge in [-0.3, -0.25) is 0 Å². The molecule has 1 aliphatic heterocycles. The Hall–Kier alpha value is -3.45. The van der Waals surface area contributed by atoms with Crippen LogP contribution >= 0.6 is 11.3 Å². The first kappa shape index (κ1) is 22.3. The number of esters is 1. The van der Waals surface area contributed by atoms with Crippen molar-refractivity contribution in [1.29, 1.82) is 0 Å². The number of piperidine rings is 1. The summed E-state index contributed by atoms with van der Waals surface area (Å²) in [5.74, 6) is 1.16. The Morgan fingerprint density at radius 1 is 1.03 bits per heavy atom. The minimum absolute atomic E-state index is 0.316. The molecule has 0 radical (unpaired) electrons. The molecule has 1 saturated heterocycles. The third kappa shape index (κ3) is 4.48. The quantitative estimate of drug-likeness (QED) is 0.320. The molecule has 5 rings (SSSR count). The van der Waals surface area contributed by atoms with E-state index in [0.717, 1.165) is 58.9 Å². The summed E-state index contributed by atoms with van der Waals surface area (Å²) in [4.78, 5) is 25.3. The van der Waals surface area contributed by atoms with E-state index < -0.39 is 0 Å². The highest BCUT2D eigenvalue weighted by Gasteiger charge is 2.24. The van der Waals surface area contributed by atoms with Gasteiger partial charge in [0.15, 0.2) is 11.6 Å². The number of thiophene rings is 1. The van der Waals surface area contributed by atoms with Crippen LogP contribution in [0.25, 0.3) is 22.2 Å². The number of carbonyl (C=O) groups is 1. The number of aromatic nitrogens is 2. The second kappa shape index (κ2) is 9.81. The topological polar surface area (TPSA) is 67.3 Å². The van der Waals surface area contributed by atoms with Gasteiger partial charge in [0.2, 0.25) is 0 Å². The third-order valence-electron chi connectivity index (χ3n) is 6.07. The van der Waals surface area contributed by atoms with Crippen LogP contribution < -0.4 is 10.2 Å². The van der Waals surface area contributed by atoms with Crippen LogP contribution in [0.5, 0.6) is 0 Å². The maximum atomic E-state index is 13.1. The minimum atomic E-state index is -0.338. The maximum Gasteiger partial charge on any atom is 0.341 e. The van der Waals surface area contributed by atoms with E-state index in [1.165, 1.54) is 23.3 Å². The van der Waals surface area contributed by atoms with Crippen LogP contribution in [0.15, 0.2) is 53.9 Å². The van der Waals surface area contributed by atoms with Gasteiger partial charge >= 0.3 is 5.97 Å². The van der Waals surface area contributed by atoms with E-state index in [2.05, 4.69) is 29.3 Å². The number of hydrogen-bond acceptors (Lipinski definition) is 7. The molecule has 1 aliphatic rings. The van der Waals surface area contributed by atoms with E-state index in [-0.39, 0.29) is 5.97 Å². The number of hydrogen-bond donors (Lipinski definition) is 1. The molecule has 0 amide bonds. The van der Waals surface area contributed by atoms with Crippen LogP contribution in [-0.2, 0) is 4.74 Å². The van der Waals surface area contributed by atoms with Gasteiger partial charge in [-0.15, -0.1) is 11.3 Å². The van der Waals surface area contributed by atoms with E-state index in [9.17, 15) is 4.79 Å². The van der Waals surface area contributed by atoms with Gasteiger partial charge in [0.25, 0.3) is 0 Å². The fraction of sp³-hybridized carbons (Fsp3) is 0.296. The van der Waals surface area contributed by atoms with Gasteiger partial charge in [0.05, 0.1) is 17.6 Å². The van der Waals surface area contributed by atoms with Crippen molar-refractivity contribution < 1.29 is 9.53 Å². The number of nitrogens with one attached hydrogen (secondary N) is 1. The fourth-order valence-corrected chi connectivity index (χ4v) is 5.27. The van der Waals surface area contributed by atoms with E-state index in [0.29, 0.717) is 18.0 Å². The predicted octanol–water partition coefficient (Wildman–Crippen LogP) is 6.58. The zero-order valence-electron chi connectivity index (χ0n) is 19.5. The molecule has 2 aromatic carbocycles. The number of rotatable bonds is 6. The van der Waals surface area contributed by atoms with Crippen molar-refractivity contribution in [3.8, 4) is 11.1 Å². The second-order valence-electron chi connectivity index (χ2n) is 8.50. The first-order valence-corrected chi connectivity index (χ1v) is 12.7. The van der Waals surface area contributed by atoms with Crippen molar-refractivity contribution in [2.24, 2.45) is 0 Å². The number of aryl methyl sites for hydroxylation is 1. The first-order valence-electron chi connectivity index (χ1n) is 11.8. The average Bonchev–Trinajstić information content (AvgIpc) is 3.28. The summed E-state index contributed by atoms with van der Waals surface area (Å²) in [5.41, 5.74) is 5.24. The molecule has 2 aromatic heterocycles. The number of carbonyl (C=O) groups excluding carboxylic acids is 1. The zero-order chi connectivity index (χ0) is 23.5. The normalized spacial score (nSPS) is 13.8. The van der Waals surface area contributed by atoms with Gasteiger partial charge < -0.3 is 15.0 Å². The van der Waals surface area contributed by atoms with Gasteiger partial charge in [0.1, 0.15) is 10.6 Å². The SMILES string of the molecule is CCOC(=O)c1c(-c2ccc(C)cc2)csc1Nc1nc2ccccc2nc1N1CCCCC1. The molecule has 0 saturated carbocycles. The molecule has 0 unspecified atom stereocenters. The summed E-state index contributed by atoms with van der Waals surface area (Å²) in [6.45, 7) is 6.09. The average molecular weight is 473 g/mol. The molecule has 0 atom stereocenters. The molecular weight excluding hydrogens is 444 g/mol. The number of nitrogens with zero attached hydrogens (tertiary/aromatic N) is 3. The molecular formula is C27H28N4O2S. The molecule has 34 heavy (non-hydrogen) atoms. The molecule has 1 N–H and O–H groups in total. The highest BCUT2D eigenvalue weighted by Crippen LogP contribution is 2.39. The number of para-hydroxylation sites is 2. The van der Waals surface area contributed by atoms with Crippen LogP contribution in [0, 0.1) is 6.92 Å². The Balaban J connectivity index is 1.60. The van der Waals surface area contributed by atoms with Gasteiger partial charge in [-0.2, -0.15) is 0 Å². The number of benzene rings is 2. The molecule has 0 spiro atoms. The molecule has 0 bridgehead atoms. The van der Waals surface area contributed by atoms with Crippen molar-refractivity contribution in [2.75, 3.05) is 29.9 Å². The molecule has 174 valence electrons. The summed E-state index contributed by atoms with van der Waals surface area (Å²) in [5, 5.41) is 6.20. The highest BCUT2D eigenvalue weighted by atomic mass is 32.1. The van der Waals surface area contributed by atoms with Crippen molar-refractivity contribution in [2.45, 2.75) is 33.1 Å². The largest absolute Gasteiger partial charge is 0.462 e.